The predicted molar refractivity (Wildman–Crippen MR) is 157 cm³/mol. The Hall–Kier alpha value is -4.47. The summed E-state index contributed by atoms with van der Waals surface area (Å²) in [6, 6.07) is 13.0. The number of anilines is 1. The second-order valence-corrected chi connectivity index (χ2v) is 12.1. The lowest BCUT2D eigenvalue weighted by Crippen LogP contribution is -2.54. The van der Waals surface area contributed by atoms with Gasteiger partial charge in [0.1, 0.15) is 23.4 Å². The topological polar surface area (TPSA) is 142 Å². The third-order valence-electron chi connectivity index (χ3n) is 7.17. The standard InChI is InChI=1S/C29H31F2N5O7S/c1-33(23-3-7-25(43-2)8-4-23)29(38)27(17-20-15-21(30)18-22(31)16-20)32-28(37)19-34-11-13-35(14-12-34)44(41,42)26-9-5-24(6-10-26)36(39)40/h3-10,15-16,18,27H,11-14,17,19H2,1-2H3,(H,32,37)/t27-/m0/s1. The number of amides is 2. The van der Waals surface area contributed by atoms with E-state index in [9.17, 15) is 36.9 Å². The van der Waals surface area contributed by atoms with Crippen molar-refractivity contribution in [3.63, 3.8) is 0 Å². The molecule has 0 unspecified atom stereocenters. The maximum Gasteiger partial charge on any atom is 0.269 e. The van der Waals surface area contributed by atoms with Crippen LogP contribution in [0, 0.1) is 21.7 Å². The van der Waals surface area contributed by atoms with E-state index in [1.807, 2.05) is 0 Å². The van der Waals surface area contributed by atoms with Crippen LogP contribution in [0.3, 0.4) is 0 Å². The number of nitro benzene ring substituents is 1. The van der Waals surface area contributed by atoms with E-state index in [4.69, 9.17) is 4.74 Å². The first-order valence-electron chi connectivity index (χ1n) is 13.5. The van der Waals surface area contributed by atoms with Crippen molar-refractivity contribution in [1.29, 1.82) is 0 Å². The van der Waals surface area contributed by atoms with Crippen LogP contribution in [-0.4, -0.2) is 87.3 Å². The molecule has 1 heterocycles. The van der Waals surface area contributed by atoms with Crippen molar-refractivity contribution in [2.45, 2.75) is 17.4 Å². The van der Waals surface area contributed by atoms with E-state index < -0.39 is 44.4 Å². The van der Waals surface area contributed by atoms with Gasteiger partial charge in [-0.05, 0) is 54.1 Å². The molecule has 1 aliphatic rings. The van der Waals surface area contributed by atoms with E-state index in [-0.39, 0.29) is 55.3 Å². The fraction of sp³-hybridized carbons (Fsp3) is 0.310. The van der Waals surface area contributed by atoms with Crippen LogP contribution in [0.4, 0.5) is 20.2 Å². The third-order valence-corrected chi connectivity index (χ3v) is 9.08. The predicted octanol–water partition coefficient (Wildman–Crippen LogP) is 2.58. The molecule has 1 N–H and O–H groups in total. The zero-order valence-corrected chi connectivity index (χ0v) is 24.8. The number of ether oxygens (including phenoxy) is 1. The van der Waals surface area contributed by atoms with Crippen molar-refractivity contribution in [2.75, 3.05) is 51.8 Å². The van der Waals surface area contributed by atoms with Crippen LogP contribution >= 0.6 is 0 Å². The summed E-state index contributed by atoms with van der Waals surface area (Å²) in [5.41, 5.74) is 0.453. The summed E-state index contributed by atoms with van der Waals surface area (Å²) in [6.45, 7) is 0.395. The molecule has 0 aliphatic carbocycles. The molecule has 0 aromatic heterocycles. The Balaban J connectivity index is 1.41. The Bertz CT molecular complexity index is 1590. The first-order valence-corrected chi connectivity index (χ1v) is 14.9. The highest BCUT2D eigenvalue weighted by atomic mass is 32.2. The van der Waals surface area contributed by atoms with Gasteiger partial charge in [-0.2, -0.15) is 4.31 Å². The third kappa shape index (κ3) is 7.92. The monoisotopic (exact) mass is 631 g/mol. The van der Waals surface area contributed by atoms with Crippen molar-refractivity contribution in [3.05, 3.63) is 94.0 Å². The second-order valence-electron chi connectivity index (χ2n) is 10.1. The number of nitro groups is 1. The lowest BCUT2D eigenvalue weighted by Gasteiger charge is -2.34. The summed E-state index contributed by atoms with van der Waals surface area (Å²) in [6.07, 6.45) is -0.180. The molecule has 12 nitrogen and oxygen atoms in total. The number of benzene rings is 3. The normalized spacial score (nSPS) is 14.9. The number of rotatable bonds is 11. The van der Waals surface area contributed by atoms with Gasteiger partial charge >= 0.3 is 0 Å². The number of likely N-dealkylation sites (N-methyl/N-ethyl adjacent to an activating group) is 1. The van der Waals surface area contributed by atoms with Crippen LogP contribution in [0.25, 0.3) is 0 Å². The van der Waals surface area contributed by atoms with E-state index in [0.717, 1.165) is 24.3 Å². The highest BCUT2D eigenvalue weighted by Gasteiger charge is 2.31. The summed E-state index contributed by atoms with van der Waals surface area (Å²) >= 11 is 0. The van der Waals surface area contributed by atoms with E-state index >= 15 is 0 Å². The largest absolute Gasteiger partial charge is 0.497 e. The average molecular weight is 632 g/mol. The minimum absolute atomic E-state index is 0.0672. The SMILES string of the molecule is COc1ccc(N(C)C(=O)[C@H](Cc2cc(F)cc(F)c2)NC(=O)CN2CCN(S(=O)(=O)c3ccc([N+](=O)[O-])cc3)CC2)cc1. The number of non-ortho nitro benzene ring substituents is 1. The first kappa shape index (κ1) is 32.4. The molecule has 1 saturated heterocycles. The van der Waals surface area contributed by atoms with Gasteiger partial charge in [0.15, 0.2) is 0 Å². The van der Waals surface area contributed by atoms with E-state index in [2.05, 4.69) is 5.32 Å². The molecule has 3 aromatic rings. The van der Waals surface area contributed by atoms with Crippen LogP contribution in [0.15, 0.2) is 71.6 Å². The molecule has 0 saturated carbocycles. The number of halogens is 2. The van der Waals surface area contributed by atoms with Crippen LogP contribution in [0.1, 0.15) is 5.56 Å². The number of carbonyl (C=O) groups is 2. The summed E-state index contributed by atoms with van der Waals surface area (Å²) in [7, 11) is -0.885. The average Bonchev–Trinajstić information content (AvgIpc) is 3.00. The molecule has 1 fully saturated rings. The van der Waals surface area contributed by atoms with Gasteiger partial charge in [-0.15, -0.1) is 0 Å². The molecule has 1 atom stereocenters. The number of carbonyl (C=O) groups excluding carboxylic acids is 2. The zero-order valence-electron chi connectivity index (χ0n) is 24.0. The van der Waals surface area contributed by atoms with Crippen molar-refractivity contribution >= 4 is 33.2 Å². The van der Waals surface area contributed by atoms with Gasteiger partial charge in [0.2, 0.25) is 21.8 Å². The fourth-order valence-electron chi connectivity index (χ4n) is 4.79. The van der Waals surface area contributed by atoms with E-state index in [0.29, 0.717) is 17.5 Å². The maximum atomic E-state index is 13.9. The summed E-state index contributed by atoms with van der Waals surface area (Å²) in [5.74, 6) is -2.11. The fourth-order valence-corrected chi connectivity index (χ4v) is 6.21. The molecule has 0 radical (unpaired) electrons. The van der Waals surface area contributed by atoms with Gasteiger partial charge in [0, 0.05) is 63.5 Å². The van der Waals surface area contributed by atoms with E-state index in [1.165, 1.54) is 35.5 Å². The van der Waals surface area contributed by atoms with Crippen LogP contribution in [0.5, 0.6) is 5.75 Å². The summed E-state index contributed by atoms with van der Waals surface area (Å²) in [5, 5.41) is 13.6. The molecule has 44 heavy (non-hydrogen) atoms. The molecule has 15 heteroatoms. The molecule has 234 valence electrons. The molecular weight excluding hydrogens is 600 g/mol. The number of sulfonamides is 1. The van der Waals surface area contributed by atoms with Gasteiger partial charge in [0.05, 0.1) is 23.5 Å². The highest BCUT2D eigenvalue weighted by molar-refractivity contribution is 7.89. The molecule has 0 bridgehead atoms. The van der Waals surface area contributed by atoms with Crippen molar-refractivity contribution in [1.82, 2.24) is 14.5 Å². The van der Waals surface area contributed by atoms with Gasteiger partial charge in [-0.1, -0.05) is 0 Å². The smallest absolute Gasteiger partial charge is 0.269 e. The first-order chi connectivity index (χ1) is 20.9. The molecule has 3 aromatic carbocycles. The van der Waals surface area contributed by atoms with E-state index in [1.54, 1.807) is 29.2 Å². The lowest BCUT2D eigenvalue weighted by atomic mass is 10.0. The second kappa shape index (κ2) is 13.9. The highest BCUT2D eigenvalue weighted by Crippen LogP contribution is 2.22. The Kier molecular flexibility index (Phi) is 10.2. The van der Waals surface area contributed by atoms with Crippen molar-refractivity contribution in [3.8, 4) is 5.75 Å². The summed E-state index contributed by atoms with van der Waals surface area (Å²) < 4.78 is 60.2. The Morgan fingerprint density at radius 3 is 2.14 bits per heavy atom. The minimum Gasteiger partial charge on any atom is -0.497 e. The number of hydrogen-bond acceptors (Lipinski definition) is 8. The van der Waals surface area contributed by atoms with Crippen LogP contribution in [-0.2, 0) is 26.0 Å². The number of piperazine rings is 1. The molecular formula is C29H31F2N5O7S. The Morgan fingerprint density at radius 1 is 1.00 bits per heavy atom. The van der Waals surface area contributed by atoms with Crippen LogP contribution in [0.2, 0.25) is 0 Å². The maximum absolute atomic E-state index is 13.9. The molecule has 1 aliphatic heterocycles. The van der Waals surface area contributed by atoms with Gasteiger partial charge in [-0.3, -0.25) is 24.6 Å². The van der Waals surface area contributed by atoms with Gasteiger partial charge in [0.25, 0.3) is 5.69 Å². The quantitative estimate of drug-likeness (QED) is 0.252. The number of hydrogen-bond donors (Lipinski definition) is 1. The molecule has 4 rings (SSSR count). The molecule has 2 amide bonds. The van der Waals surface area contributed by atoms with Gasteiger partial charge < -0.3 is 15.0 Å². The van der Waals surface area contributed by atoms with Crippen LogP contribution < -0.4 is 15.0 Å². The lowest BCUT2D eigenvalue weighted by molar-refractivity contribution is -0.384. The zero-order chi connectivity index (χ0) is 32.0. The number of nitrogens with zero attached hydrogens (tertiary/aromatic N) is 4. The number of methoxy groups -OCH3 is 1. The Labute approximate surface area is 253 Å². The summed E-state index contributed by atoms with van der Waals surface area (Å²) in [4.78, 5) is 39.8. The minimum atomic E-state index is -3.90. The van der Waals surface area contributed by atoms with Gasteiger partial charge in [-0.25, -0.2) is 17.2 Å². The van der Waals surface area contributed by atoms with Crippen molar-refractivity contribution in [2.24, 2.45) is 0 Å². The Morgan fingerprint density at radius 2 is 1.59 bits per heavy atom. The number of nitrogens with one attached hydrogen (secondary N) is 1. The van der Waals surface area contributed by atoms with Crippen molar-refractivity contribution < 1.29 is 36.4 Å². The molecule has 0 spiro atoms.